The van der Waals surface area contributed by atoms with Gasteiger partial charge in [-0.25, -0.2) is 0 Å². The third-order valence-electron chi connectivity index (χ3n) is 5.96. The third kappa shape index (κ3) is 3.94. The quantitative estimate of drug-likeness (QED) is 0.754. The first-order chi connectivity index (χ1) is 13.7. The van der Waals surface area contributed by atoms with Gasteiger partial charge in [0.1, 0.15) is 11.6 Å². The molecule has 2 aliphatic heterocycles. The van der Waals surface area contributed by atoms with Gasteiger partial charge in [0.15, 0.2) is 0 Å². The predicted octanol–water partition coefficient (Wildman–Crippen LogP) is 3.07. The first-order valence-corrected chi connectivity index (χ1v) is 10.6. The number of ether oxygens (including phenoxy) is 1. The number of hydrogen-bond acceptors (Lipinski definition) is 4. The van der Waals surface area contributed by atoms with Gasteiger partial charge in [0.05, 0.1) is 5.41 Å². The van der Waals surface area contributed by atoms with Crippen LogP contribution in [0, 0.1) is 0 Å². The second-order valence-corrected chi connectivity index (χ2v) is 8.14. The topological polar surface area (TPSA) is 69.0 Å². The van der Waals surface area contributed by atoms with Crippen LogP contribution in [0.2, 0.25) is 5.02 Å². The molecule has 1 saturated heterocycles. The lowest BCUT2D eigenvalue weighted by atomic mass is 9.73. The Kier molecular flexibility index (Phi) is 5.97. The van der Waals surface area contributed by atoms with Gasteiger partial charge in [0.2, 0.25) is 5.91 Å². The van der Waals surface area contributed by atoms with E-state index in [1.54, 1.807) is 0 Å². The van der Waals surface area contributed by atoms with Gasteiger partial charge in [-0.1, -0.05) is 23.7 Å². The Morgan fingerprint density at radius 2 is 2.11 bits per heavy atom. The molecule has 1 aromatic heterocycles. The van der Waals surface area contributed by atoms with Crippen molar-refractivity contribution >= 4 is 17.5 Å². The average molecular weight is 403 g/mol. The molecule has 0 unspecified atom stereocenters. The van der Waals surface area contributed by atoms with Gasteiger partial charge in [-0.3, -0.25) is 4.79 Å². The minimum absolute atomic E-state index is 0.0707. The highest BCUT2D eigenvalue weighted by molar-refractivity contribution is 6.30. The highest BCUT2D eigenvalue weighted by Gasteiger charge is 2.41. The van der Waals surface area contributed by atoms with Crippen molar-refractivity contribution < 1.29 is 9.53 Å². The molecule has 0 radical (unpaired) electrons. The van der Waals surface area contributed by atoms with Crippen LogP contribution in [0.3, 0.4) is 0 Å². The van der Waals surface area contributed by atoms with Crippen LogP contribution in [0.4, 0.5) is 0 Å². The number of aromatic nitrogens is 3. The fraction of sp³-hybridized carbons (Fsp3) is 0.571. The molecule has 150 valence electrons. The molecule has 0 spiro atoms. The van der Waals surface area contributed by atoms with Crippen molar-refractivity contribution in [2.75, 3.05) is 19.8 Å². The van der Waals surface area contributed by atoms with Crippen LogP contribution >= 0.6 is 11.6 Å². The van der Waals surface area contributed by atoms with Gasteiger partial charge in [0, 0.05) is 44.2 Å². The molecular weight excluding hydrogens is 376 g/mol. The second-order valence-electron chi connectivity index (χ2n) is 7.71. The molecule has 0 atom stereocenters. The fourth-order valence-corrected chi connectivity index (χ4v) is 4.51. The average Bonchev–Trinajstić information content (AvgIpc) is 3.15. The second kappa shape index (κ2) is 8.62. The maximum atomic E-state index is 13.2. The number of rotatable bonds is 6. The Hall–Kier alpha value is -1.92. The summed E-state index contributed by atoms with van der Waals surface area (Å²) in [4.78, 5) is 13.2. The number of hydrogen-bond donors (Lipinski definition) is 1. The Morgan fingerprint density at radius 1 is 1.25 bits per heavy atom. The number of amides is 1. The van der Waals surface area contributed by atoms with Crippen molar-refractivity contribution in [2.24, 2.45) is 0 Å². The lowest BCUT2D eigenvalue weighted by Gasteiger charge is -2.36. The summed E-state index contributed by atoms with van der Waals surface area (Å²) in [5.74, 6) is 2.22. The zero-order valence-corrected chi connectivity index (χ0v) is 16.9. The summed E-state index contributed by atoms with van der Waals surface area (Å²) in [7, 11) is 0. The van der Waals surface area contributed by atoms with E-state index in [2.05, 4.69) is 20.1 Å². The number of carbonyl (C=O) groups is 1. The normalized spacial score (nSPS) is 18.5. The molecule has 3 heterocycles. The van der Waals surface area contributed by atoms with Crippen LogP contribution in [-0.2, 0) is 34.3 Å². The van der Waals surface area contributed by atoms with E-state index in [-0.39, 0.29) is 5.91 Å². The summed E-state index contributed by atoms with van der Waals surface area (Å²) in [6.45, 7) is 2.82. The highest BCUT2D eigenvalue weighted by Crippen LogP contribution is 2.36. The van der Waals surface area contributed by atoms with Gasteiger partial charge >= 0.3 is 0 Å². The lowest BCUT2D eigenvalue weighted by molar-refractivity contribution is -0.130. The number of benzene rings is 1. The first-order valence-electron chi connectivity index (χ1n) is 10.2. The molecule has 1 amide bonds. The standard InChI is InChI=1S/C21H27ClN4O2/c22-17-6-3-5-16(15-17)21(9-13-28-14-10-21)20(27)23-11-4-8-19-25-24-18-7-1-2-12-26(18)19/h3,5-6,15H,1-2,4,7-14H2,(H,23,27). The van der Waals surface area contributed by atoms with Crippen molar-refractivity contribution in [3.8, 4) is 0 Å². The largest absolute Gasteiger partial charge is 0.381 e. The molecular formula is C21H27ClN4O2. The fourth-order valence-electron chi connectivity index (χ4n) is 4.32. The van der Waals surface area contributed by atoms with E-state index in [0.29, 0.717) is 37.6 Å². The molecule has 0 saturated carbocycles. The van der Waals surface area contributed by atoms with E-state index in [4.69, 9.17) is 16.3 Å². The summed E-state index contributed by atoms with van der Waals surface area (Å²) >= 11 is 6.19. The van der Waals surface area contributed by atoms with E-state index >= 15 is 0 Å². The van der Waals surface area contributed by atoms with E-state index in [9.17, 15) is 4.79 Å². The zero-order valence-electron chi connectivity index (χ0n) is 16.1. The van der Waals surface area contributed by atoms with Crippen molar-refractivity contribution in [1.29, 1.82) is 0 Å². The van der Waals surface area contributed by atoms with Gasteiger partial charge in [-0.15, -0.1) is 10.2 Å². The van der Waals surface area contributed by atoms with Gasteiger partial charge < -0.3 is 14.6 Å². The van der Waals surface area contributed by atoms with Gasteiger partial charge in [0.25, 0.3) is 0 Å². The van der Waals surface area contributed by atoms with Crippen molar-refractivity contribution in [3.63, 3.8) is 0 Å². The Labute approximate surface area is 170 Å². The Bertz CT molecular complexity index is 830. The SMILES string of the molecule is O=C(NCCCc1nnc2n1CCCC2)C1(c2cccc(Cl)c2)CCOCC1. The number of aryl methyl sites for hydroxylation is 2. The number of nitrogens with zero attached hydrogens (tertiary/aromatic N) is 3. The molecule has 0 bridgehead atoms. The predicted molar refractivity (Wildman–Crippen MR) is 107 cm³/mol. The monoisotopic (exact) mass is 402 g/mol. The summed E-state index contributed by atoms with van der Waals surface area (Å²) in [6, 6.07) is 7.67. The van der Waals surface area contributed by atoms with Crippen molar-refractivity contribution in [2.45, 2.75) is 56.9 Å². The molecule has 1 aromatic carbocycles. The maximum absolute atomic E-state index is 13.2. The molecule has 4 rings (SSSR count). The van der Waals surface area contributed by atoms with Crippen LogP contribution in [0.25, 0.3) is 0 Å². The molecule has 0 aliphatic carbocycles. The summed E-state index contributed by atoms with van der Waals surface area (Å²) in [5.41, 5.74) is 0.421. The summed E-state index contributed by atoms with van der Waals surface area (Å²) < 4.78 is 7.77. The third-order valence-corrected chi connectivity index (χ3v) is 6.19. The van der Waals surface area contributed by atoms with E-state index in [1.807, 2.05) is 24.3 Å². The van der Waals surface area contributed by atoms with Crippen molar-refractivity contribution in [1.82, 2.24) is 20.1 Å². The molecule has 6 nitrogen and oxygen atoms in total. The van der Waals surface area contributed by atoms with Crippen LogP contribution < -0.4 is 5.32 Å². The van der Waals surface area contributed by atoms with E-state index in [1.165, 1.54) is 12.8 Å². The number of carbonyl (C=O) groups excluding carboxylic acids is 1. The highest BCUT2D eigenvalue weighted by atomic mass is 35.5. The Balaban J connectivity index is 1.38. The summed E-state index contributed by atoms with van der Waals surface area (Å²) in [6.07, 6.45) is 6.46. The number of halogens is 1. The van der Waals surface area contributed by atoms with Crippen LogP contribution in [-0.4, -0.2) is 40.4 Å². The molecule has 1 N–H and O–H groups in total. The molecule has 7 heteroatoms. The number of fused-ring (bicyclic) bond motifs is 1. The Morgan fingerprint density at radius 3 is 2.93 bits per heavy atom. The zero-order chi connectivity index (χ0) is 19.4. The maximum Gasteiger partial charge on any atom is 0.230 e. The van der Waals surface area contributed by atoms with E-state index < -0.39 is 5.41 Å². The number of nitrogens with one attached hydrogen (secondary N) is 1. The minimum atomic E-state index is -0.558. The smallest absolute Gasteiger partial charge is 0.230 e. The summed E-state index contributed by atoms with van der Waals surface area (Å²) in [5, 5.41) is 12.5. The first kappa shape index (κ1) is 19.4. The van der Waals surface area contributed by atoms with Gasteiger partial charge in [-0.2, -0.15) is 0 Å². The molecule has 1 fully saturated rings. The van der Waals surface area contributed by atoms with Gasteiger partial charge in [-0.05, 0) is 49.8 Å². The molecule has 28 heavy (non-hydrogen) atoms. The van der Waals surface area contributed by atoms with E-state index in [0.717, 1.165) is 43.0 Å². The van der Waals surface area contributed by atoms with Crippen LogP contribution in [0.15, 0.2) is 24.3 Å². The molecule has 2 aliphatic rings. The lowest BCUT2D eigenvalue weighted by Crippen LogP contribution is -2.48. The van der Waals surface area contributed by atoms with Crippen LogP contribution in [0.5, 0.6) is 0 Å². The molecule has 2 aromatic rings. The van der Waals surface area contributed by atoms with Crippen molar-refractivity contribution in [3.05, 3.63) is 46.5 Å². The van der Waals surface area contributed by atoms with Crippen LogP contribution in [0.1, 0.15) is 49.3 Å². The minimum Gasteiger partial charge on any atom is -0.381 e.